The Morgan fingerprint density at radius 1 is 1.19 bits per heavy atom. The van der Waals surface area contributed by atoms with Crippen molar-refractivity contribution in [1.29, 1.82) is 0 Å². The molecule has 1 aliphatic rings. The van der Waals surface area contributed by atoms with E-state index in [0.717, 1.165) is 44.1 Å². The number of hydrogen-bond acceptors (Lipinski definition) is 6. The Morgan fingerprint density at radius 3 is 2.50 bits per heavy atom. The molecule has 1 aromatic heterocycles. The second kappa shape index (κ2) is 8.14. The van der Waals surface area contributed by atoms with E-state index in [-0.39, 0.29) is 23.5 Å². The molecule has 142 valence electrons. The van der Waals surface area contributed by atoms with E-state index in [4.69, 9.17) is 9.26 Å². The SMILES string of the molecule is COc1ccc(CN2CCN(C(C)c3nc(C(C)C)no3)CC2)cc1F. The monoisotopic (exact) mass is 362 g/mol. The third-order valence-electron chi connectivity index (χ3n) is 4.91. The average molecular weight is 362 g/mol. The Balaban J connectivity index is 1.54. The predicted octanol–water partition coefficient (Wildman–Crippen LogP) is 3.22. The Morgan fingerprint density at radius 2 is 1.92 bits per heavy atom. The van der Waals surface area contributed by atoms with Gasteiger partial charge in [0.2, 0.25) is 5.89 Å². The maximum Gasteiger partial charge on any atom is 0.243 e. The van der Waals surface area contributed by atoms with Gasteiger partial charge in [-0.2, -0.15) is 4.98 Å². The van der Waals surface area contributed by atoms with Crippen molar-refractivity contribution >= 4 is 0 Å². The van der Waals surface area contributed by atoms with E-state index in [1.807, 2.05) is 6.07 Å². The predicted molar refractivity (Wildman–Crippen MR) is 96.6 cm³/mol. The molecule has 1 unspecified atom stereocenters. The quantitative estimate of drug-likeness (QED) is 0.786. The summed E-state index contributed by atoms with van der Waals surface area (Å²) in [7, 11) is 1.48. The number of ether oxygens (including phenoxy) is 1. The number of halogens is 1. The van der Waals surface area contributed by atoms with E-state index in [1.165, 1.54) is 7.11 Å². The van der Waals surface area contributed by atoms with E-state index < -0.39 is 0 Å². The first-order valence-corrected chi connectivity index (χ1v) is 9.10. The van der Waals surface area contributed by atoms with Crippen molar-refractivity contribution in [3.05, 3.63) is 41.3 Å². The first-order valence-electron chi connectivity index (χ1n) is 9.10. The molecule has 0 amide bonds. The molecular weight excluding hydrogens is 335 g/mol. The van der Waals surface area contributed by atoms with Gasteiger partial charge in [0, 0.05) is 38.6 Å². The van der Waals surface area contributed by atoms with Crippen molar-refractivity contribution < 1.29 is 13.7 Å². The van der Waals surface area contributed by atoms with Gasteiger partial charge in [0.05, 0.1) is 13.2 Å². The number of piperazine rings is 1. The van der Waals surface area contributed by atoms with Crippen molar-refractivity contribution in [2.75, 3.05) is 33.3 Å². The van der Waals surface area contributed by atoms with Crippen LogP contribution in [0, 0.1) is 5.82 Å². The minimum atomic E-state index is -0.311. The topological polar surface area (TPSA) is 54.6 Å². The van der Waals surface area contributed by atoms with Crippen molar-refractivity contribution in [1.82, 2.24) is 19.9 Å². The van der Waals surface area contributed by atoms with Gasteiger partial charge in [-0.25, -0.2) is 4.39 Å². The summed E-state index contributed by atoms with van der Waals surface area (Å²) in [5.74, 6) is 1.68. The van der Waals surface area contributed by atoms with Crippen molar-refractivity contribution in [3.8, 4) is 5.75 Å². The summed E-state index contributed by atoms with van der Waals surface area (Å²) < 4.78 is 24.2. The van der Waals surface area contributed by atoms with Crippen molar-refractivity contribution in [2.45, 2.75) is 39.3 Å². The molecule has 7 heteroatoms. The lowest BCUT2D eigenvalue weighted by molar-refractivity contribution is 0.0844. The Kier molecular flexibility index (Phi) is 5.88. The summed E-state index contributed by atoms with van der Waals surface area (Å²) >= 11 is 0. The molecule has 1 atom stereocenters. The molecule has 0 N–H and O–H groups in total. The van der Waals surface area contributed by atoms with Gasteiger partial charge < -0.3 is 9.26 Å². The zero-order valence-corrected chi connectivity index (χ0v) is 15.9. The molecule has 2 aromatic rings. The molecule has 26 heavy (non-hydrogen) atoms. The van der Waals surface area contributed by atoms with Crippen LogP contribution in [0.3, 0.4) is 0 Å². The lowest BCUT2D eigenvalue weighted by Gasteiger charge is -2.36. The first kappa shape index (κ1) is 18.8. The fraction of sp³-hybridized carbons (Fsp3) is 0.579. The van der Waals surface area contributed by atoms with Gasteiger partial charge in [0.25, 0.3) is 0 Å². The highest BCUT2D eigenvalue weighted by molar-refractivity contribution is 5.29. The maximum absolute atomic E-state index is 13.8. The Bertz CT molecular complexity index is 726. The molecular formula is C19H27FN4O2. The van der Waals surface area contributed by atoms with Gasteiger partial charge in [0.1, 0.15) is 0 Å². The maximum atomic E-state index is 13.8. The summed E-state index contributed by atoms with van der Waals surface area (Å²) in [6.07, 6.45) is 0. The van der Waals surface area contributed by atoms with E-state index in [2.05, 4.69) is 40.7 Å². The van der Waals surface area contributed by atoms with Gasteiger partial charge in [-0.05, 0) is 24.6 Å². The van der Waals surface area contributed by atoms with Crippen LogP contribution in [0.25, 0.3) is 0 Å². The third kappa shape index (κ3) is 4.22. The smallest absolute Gasteiger partial charge is 0.243 e. The Labute approximate surface area is 153 Å². The number of benzene rings is 1. The normalized spacial score (nSPS) is 17.6. The highest BCUT2D eigenvalue weighted by atomic mass is 19.1. The van der Waals surface area contributed by atoms with Crippen LogP contribution in [0.1, 0.15) is 50.0 Å². The zero-order chi connectivity index (χ0) is 18.7. The number of methoxy groups -OCH3 is 1. The number of hydrogen-bond donors (Lipinski definition) is 0. The van der Waals surface area contributed by atoms with E-state index in [0.29, 0.717) is 5.89 Å². The molecule has 0 aliphatic carbocycles. The Hall–Kier alpha value is -1.99. The number of aromatic nitrogens is 2. The lowest BCUT2D eigenvalue weighted by Crippen LogP contribution is -2.46. The number of rotatable bonds is 6. The van der Waals surface area contributed by atoms with Gasteiger partial charge in [-0.1, -0.05) is 25.1 Å². The molecule has 6 nitrogen and oxygen atoms in total. The van der Waals surface area contributed by atoms with Crippen LogP contribution >= 0.6 is 0 Å². The van der Waals surface area contributed by atoms with Crippen LogP contribution < -0.4 is 4.74 Å². The van der Waals surface area contributed by atoms with E-state index in [1.54, 1.807) is 12.1 Å². The summed E-state index contributed by atoms with van der Waals surface area (Å²) in [6, 6.07) is 5.27. The zero-order valence-electron chi connectivity index (χ0n) is 15.9. The molecule has 0 bridgehead atoms. The van der Waals surface area contributed by atoms with Crippen LogP contribution in [0.4, 0.5) is 4.39 Å². The van der Waals surface area contributed by atoms with Gasteiger partial charge in [0.15, 0.2) is 17.4 Å². The molecule has 3 rings (SSSR count). The standard InChI is InChI=1S/C19H27FN4O2/c1-13(2)18-21-19(26-22-18)14(3)24-9-7-23(8-10-24)12-15-5-6-17(25-4)16(20)11-15/h5-6,11,13-14H,7-10,12H2,1-4H3. The van der Waals surface area contributed by atoms with E-state index in [9.17, 15) is 4.39 Å². The van der Waals surface area contributed by atoms with Crippen LogP contribution in [-0.2, 0) is 6.54 Å². The second-order valence-corrected chi connectivity index (χ2v) is 7.10. The summed E-state index contributed by atoms with van der Waals surface area (Å²) in [6.45, 7) is 10.6. The highest BCUT2D eigenvalue weighted by Crippen LogP contribution is 2.23. The van der Waals surface area contributed by atoms with Crippen molar-refractivity contribution in [2.24, 2.45) is 0 Å². The van der Waals surface area contributed by atoms with Crippen LogP contribution in [-0.4, -0.2) is 53.2 Å². The largest absolute Gasteiger partial charge is 0.494 e. The summed E-state index contributed by atoms with van der Waals surface area (Å²) in [5, 5.41) is 4.06. The molecule has 0 spiro atoms. The summed E-state index contributed by atoms with van der Waals surface area (Å²) in [5.41, 5.74) is 0.961. The van der Waals surface area contributed by atoms with Crippen LogP contribution in [0.5, 0.6) is 5.75 Å². The average Bonchev–Trinajstić information content (AvgIpc) is 3.12. The van der Waals surface area contributed by atoms with E-state index >= 15 is 0 Å². The molecule has 1 saturated heterocycles. The molecule has 0 radical (unpaired) electrons. The van der Waals surface area contributed by atoms with Gasteiger partial charge in [-0.15, -0.1) is 0 Å². The van der Waals surface area contributed by atoms with Gasteiger partial charge in [-0.3, -0.25) is 9.80 Å². The fourth-order valence-corrected chi connectivity index (χ4v) is 3.18. The highest BCUT2D eigenvalue weighted by Gasteiger charge is 2.26. The first-order chi connectivity index (χ1) is 12.5. The minimum Gasteiger partial charge on any atom is -0.494 e. The molecule has 0 saturated carbocycles. The molecule has 2 heterocycles. The van der Waals surface area contributed by atoms with Crippen LogP contribution in [0.2, 0.25) is 0 Å². The lowest BCUT2D eigenvalue weighted by atomic mass is 10.1. The third-order valence-corrected chi connectivity index (χ3v) is 4.91. The van der Waals surface area contributed by atoms with Crippen molar-refractivity contribution in [3.63, 3.8) is 0 Å². The summed E-state index contributed by atoms with van der Waals surface area (Å²) in [4.78, 5) is 9.19. The number of nitrogens with zero attached hydrogens (tertiary/aromatic N) is 4. The molecule has 1 aromatic carbocycles. The molecule has 1 fully saturated rings. The van der Waals surface area contributed by atoms with Gasteiger partial charge >= 0.3 is 0 Å². The molecule has 1 aliphatic heterocycles. The fourth-order valence-electron chi connectivity index (χ4n) is 3.18. The minimum absolute atomic E-state index is 0.107. The second-order valence-electron chi connectivity index (χ2n) is 7.10. The van der Waals surface area contributed by atoms with Crippen LogP contribution in [0.15, 0.2) is 22.7 Å².